The van der Waals surface area contributed by atoms with E-state index < -0.39 is 0 Å². The van der Waals surface area contributed by atoms with Crippen LogP contribution in [0.3, 0.4) is 0 Å². The Balaban J connectivity index is 2.81. The lowest BCUT2D eigenvalue weighted by molar-refractivity contribution is 0.289. The van der Waals surface area contributed by atoms with Crippen molar-refractivity contribution in [1.82, 2.24) is 0 Å². The molecule has 0 saturated heterocycles. The number of nitrogens with two attached hydrogens (primary N) is 1. The van der Waals surface area contributed by atoms with E-state index in [1.807, 2.05) is 19.9 Å². The van der Waals surface area contributed by atoms with Crippen LogP contribution in [0.1, 0.15) is 20.3 Å². The van der Waals surface area contributed by atoms with Crippen LogP contribution in [-0.4, -0.2) is 29.3 Å². The van der Waals surface area contributed by atoms with E-state index in [9.17, 15) is 0 Å². The quantitative estimate of drug-likeness (QED) is 0.556. The van der Waals surface area contributed by atoms with Gasteiger partial charge in [-0.3, -0.25) is 0 Å². The van der Waals surface area contributed by atoms with Crippen LogP contribution in [0.15, 0.2) is 18.2 Å². The van der Waals surface area contributed by atoms with Gasteiger partial charge < -0.3 is 15.2 Å². The summed E-state index contributed by atoms with van der Waals surface area (Å²) >= 11 is 0. The van der Waals surface area contributed by atoms with Crippen molar-refractivity contribution in [3.05, 3.63) is 18.2 Å². The van der Waals surface area contributed by atoms with Crippen LogP contribution < -0.4 is 20.4 Å². The maximum absolute atomic E-state index is 5.73. The van der Waals surface area contributed by atoms with Crippen molar-refractivity contribution >= 4 is 14.7 Å². The largest absolute Gasteiger partial charge is 0.490 e. The zero-order valence-corrected chi connectivity index (χ0v) is 12.3. The van der Waals surface area contributed by atoms with Crippen LogP contribution in [-0.2, 0) is 0 Å². The van der Waals surface area contributed by atoms with E-state index in [0.29, 0.717) is 13.2 Å². The van der Waals surface area contributed by atoms with E-state index in [2.05, 4.69) is 12.1 Å². The van der Waals surface area contributed by atoms with Gasteiger partial charge in [-0.15, -0.1) is 0 Å². The molecule has 0 saturated carbocycles. The summed E-state index contributed by atoms with van der Waals surface area (Å²) in [6.07, 6.45) is 1.11. The average molecular weight is 253 g/mol. The zero-order chi connectivity index (χ0) is 12.5. The minimum Gasteiger partial charge on any atom is -0.490 e. The fourth-order valence-electron chi connectivity index (χ4n) is 1.80. The maximum atomic E-state index is 5.73. The second-order valence-corrected chi connectivity index (χ2v) is 5.83. The topological polar surface area (TPSA) is 44.5 Å². The molecule has 0 aromatic heterocycles. The number of benzene rings is 1. The molecule has 1 aromatic rings. The van der Waals surface area contributed by atoms with Gasteiger partial charge in [0.05, 0.1) is 22.7 Å². The molecule has 0 spiro atoms. The second-order valence-electron chi connectivity index (χ2n) is 3.86. The van der Waals surface area contributed by atoms with E-state index in [-0.39, 0.29) is 9.52 Å². The predicted molar refractivity (Wildman–Crippen MR) is 75.4 cm³/mol. The van der Waals surface area contributed by atoms with Gasteiger partial charge in [0.25, 0.3) is 0 Å². The lowest BCUT2D eigenvalue weighted by Crippen LogP contribution is -2.19. The summed E-state index contributed by atoms with van der Waals surface area (Å²) in [7, 11) is -0.295. The van der Waals surface area contributed by atoms with Crippen molar-refractivity contribution in [2.24, 2.45) is 5.73 Å². The smallest absolute Gasteiger partial charge is 0.160 e. The van der Waals surface area contributed by atoms with Crippen molar-refractivity contribution in [2.75, 3.05) is 19.8 Å². The molecule has 0 aliphatic heterocycles. The lowest BCUT2D eigenvalue weighted by atomic mass is 10.3. The fraction of sp³-hybridized carbons (Fsp3) is 0.538. The Labute approximate surface area is 106 Å². The van der Waals surface area contributed by atoms with Crippen LogP contribution in [0, 0.1) is 0 Å². The van der Waals surface area contributed by atoms with Gasteiger partial charge >= 0.3 is 0 Å². The highest BCUT2D eigenvalue weighted by Crippen LogP contribution is 2.24. The third-order valence-corrected chi connectivity index (χ3v) is 4.50. The molecule has 3 nitrogen and oxygen atoms in total. The van der Waals surface area contributed by atoms with Gasteiger partial charge in [-0.2, -0.15) is 0 Å². The van der Waals surface area contributed by atoms with Crippen LogP contribution in [0.2, 0.25) is 6.04 Å². The van der Waals surface area contributed by atoms with Crippen LogP contribution in [0.4, 0.5) is 0 Å². The number of hydrogen-bond acceptors (Lipinski definition) is 3. The zero-order valence-electron chi connectivity index (χ0n) is 10.9. The first-order valence-corrected chi connectivity index (χ1v) is 8.11. The summed E-state index contributed by atoms with van der Waals surface area (Å²) in [5.74, 6) is 1.84. The third kappa shape index (κ3) is 4.40. The first kappa shape index (κ1) is 14.1. The Morgan fingerprint density at radius 2 is 1.94 bits per heavy atom. The van der Waals surface area contributed by atoms with Gasteiger partial charge in [0.15, 0.2) is 11.5 Å². The van der Waals surface area contributed by atoms with Gasteiger partial charge in [0, 0.05) is 0 Å². The van der Waals surface area contributed by atoms with E-state index in [0.717, 1.165) is 24.5 Å². The second kappa shape index (κ2) is 8.14. The Bertz CT molecular complexity index is 331. The van der Waals surface area contributed by atoms with Crippen LogP contribution >= 0.6 is 0 Å². The molecule has 1 rings (SSSR count). The number of ether oxygens (including phenoxy) is 2. The highest BCUT2D eigenvalue weighted by molar-refractivity contribution is 6.54. The molecule has 0 aliphatic rings. The van der Waals surface area contributed by atoms with Gasteiger partial charge in [0.1, 0.15) is 0 Å². The molecule has 4 heteroatoms. The first-order valence-electron chi connectivity index (χ1n) is 6.41. The van der Waals surface area contributed by atoms with E-state index >= 15 is 0 Å². The van der Waals surface area contributed by atoms with Crippen molar-refractivity contribution < 1.29 is 9.47 Å². The molecule has 0 heterocycles. The summed E-state index contributed by atoms with van der Waals surface area (Å²) in [4.78, 5) is 0. The summed E-state index contributed by atoms with van der Waals surface area (Å²) in [6.45, 7) is 6.14. The molecule has 17 heavy (non-hydrogen) atoms. The van der Waals surface area contributed by atoms with Gasteiger partial charge in [-0.05, 0) is 38.1 Å². The normalized spacial score (nSPS) is 11.0. The lowest BCUT2D eigenvalue weighted by Gasteiger charge is -2.14. The van der Waals surface area contributed by atoms with Crippen LogP contribution in [0.5, 0.6) is 11.5 Å². The predicted octanol–water partition coefficient (Wildman–Crippen LogP) is 1.05. The van der Waals surface area contributed by atoms with Gasteiger partial charge in [-0.25, -0.2) is 0 Å². The molecular formula is C13H23NO2Si. The molecule has 0 aliphatic carbocycles. The Morgan fingerprint density at radius 1 is 1.18 bits per heavy atom. The number of rotatable bonds is 8. The maximum Gasteiger partial charge on any atom is 0.160 e. The summed E-state index contributed by atoms with van der Waals surface area (Å²) in [5, 5.41) is 1.35. The first-order chi connectivity index (χ1) is 8.33. The SMILES string of the molecule is CCOc1cccc([SiH2]CCCN)c1OCC. The van der Waals surface area contributed by atoms with Gasteiger partial charge in [-0.1, -0.05) is 18.2 Å². The molecule has 0 radical (unpaired) electrons. The Morgan fingerprint density at radius 3 is 2.59 bits per heavy atom. The van der Waals surface area contributed by atoms with E-state index in [1.165, 1.54) is 11.2 Å². The summed E-state index contributed by atoms with van der Waals surface area (Å²) in [6, 6.07) is 7.43. The number of para-hydroxylation sites is 1. The molecule has 0 atom stereocenters. The highest BCUT2D eigenvalue weighted by Gasteiger charge is 2.10. The fourth-order valence-corrected chi connectivity index (χ4v) is 3.52. The molecule has 0 bridgehead atoms. The summed E-state index contributed by atoms with van der Waals surface area (Å²) < 4.78 is 11.3. The van der Waals surface area contributed by atoms with E-state index in [4.69, 9.17) is 15.2 Å². The Kier molecular flexibility index (Phi) is 6.73. The van der Waals surface area contributed by atoms with Crippen molar-refractivity contribution in [3.8, 4) is 11.5 Å². The molecule has 0 amide bonds. The standard InChI is InChI=1S/C13H23NO2Si/c1-3-15-11-7-5-8-12(13(11)16-4-2)17-10-6-9-14/h5,7-8H,3-4,6,9-10,14,17H2,1-2H3. The minimum absolute atomic E-state index is 0.295. The van der Waals surface area contributed by atoms with Crippen molar-refractivity contribution in [3.63, 3.8) is 0 Å². The van der Waals surface area contributed by atoms with E-state index in [1.54, 1.807) is 0 Å². The van der Waals surface area contributed by atoms with Crippen molar-refractivity contribution in [1.29, 1.82) is 0 Å². The summed E-state index contributed by atoms with van der Waals surface area (Å²) in [5.41, 5.74) is 5.53. The molecule has 0 fully saturated rings. The molecule has 0 unspecified atom stereocenters. The molecule has 96 valence electrons. The molecular weight excluding hydrogens is 230 g/mol. The van der Waals surface area contributed by atoms with Crippen LogP contribution in [0.25, 0.3) is 0 Å². The third-order valence-electron chi connectivity index (χ3n) is 2.55. The average Bonchev–Trinajstić information content (AvgIpc) is 2.33. The van der Waals surface area contributed by atoms with Gasteiger partial charge in [0.2, 0.25) is 0 Å². The highest BCUT2D eigenvalue weighted by atomic mass is 28.2. The number of hydrogen-bond donors (Lipinski definition) is 1. The minimum atomic E-state index is -0.295. The monoisotopic (exact) mass is 253 g/mol. The Hall–Kier alpha value is -1.00. The molecule has 1 aromatic carbocycles. The van der Waals surface area contributed by atoms with Crippen molar-refractivity contribution in [2.45, 2.75) is 26.3 Å². The molecule has 2 N–H and O–H groups in total.